The van der Waals surface area contributed by atoms with Gasteiger partial charge in [0, 0.05) is 11.6 Å². The highest BCUT2D eigenvalue weighted by Crippen LogP contribution is 2.23. The van der Waals surface area contributed by atoms with Crippen molar-refractivity contribution in [1.82, 2.24) is 10.6 Å². The van der Waals surface area contributed by atoms with Crippen LogP contribution in [0.25, 0.3) is 0 Å². The van der Waals surface area contributed by atoms with Gasteiger partial charge in [0.1, 0.15) is 6.54 Å². The van der Waals surface area contributed by atoms with Crippen LogP contribution in [0.5, 0.6) is 0 Å². The van der Waals surface area contributed by atoms with Gasteiger partial charge in [-0.05, 0) is 62.8 Å². The minimum absolute atomic E-state index is 0.136. The number of carbonyl (C=O) groups is 3. The van der Waals surface area contributed by atoms with Crippen molar-refractivity contribution < 1.29 is 19.1 Å². The van der Waals surface area contributed by atoms with Crippen LogP contribution in [-0.4, -0.2) is 36.5 Å². The van der Waals surface area contributed by atoms with Gasteiger partial charge in [0.2, 0.25) is 0 Å². The van der Waals surface area contributed by atoms with Crippen molar-refractivity contribution in [3.63, 3.8) is 0 Å². The number of nitrogens with one attached hydrogen (secondary N) is 2. The molecule has 6 nitrogen and oxygen atoms in total. The lowest BCUT2D eigenvalue weighted by Crippen LogP contribution is -2.46. The van der Waals surface area contributed by atoms with Crippen LogP contribution in [0.3, 0.4) is 0 Å². The zero-order valence-electron chi connectivity index (χ0n) is 16.6. The van der Waals surface area contributed by atoms with Crippen LogP contribution in [0.15, 0.2) is 18.2 Å². The summed E-state index contributed by atoms with van der Waals surface area (Å²) in [5.74, 6) is -0.833. The zero-order chi connectivity index (χ0) is 20.0. The fourth-order valence-corrected chi connectivity index (χ4v) is 3.26. The van der Waals surface area contributed by atoms with Gasteiger partial charge in [-0.3, -0.25) is 14.4 Å². The average Bonchev–Trinajstić information content (AvgIpc) is 2.63. The topological polar surface area (TPSA) is 84.5 Å². The number of hydrogen-bond donors (Lipinski definition) is 2. The monoisotopic (exact) mass is 374 g/mol. The Morgan fingerprint density at radius 1 is 1.15 bits per heavy atom. The first-order chi connectivity index (χ1) is 12.8. The highest BCUT2D eigenvalue weighted by molar-refractivity contribution is 5.96. The summed E-state index contributed by atoms with van der Waals surface area (Å²) in [6.07, 6.45) is 3.47. The van der Waals surface area contributed by atoms with Gasteiger partial charge >= 0.3 is 5.97 Å². The summed E-state index contributed by atoms with van der Waals surface area (Å²) in [6.45, 7) is 7.29. The van der Waals surface area contributed by atoms with E-state index in [-0.39, 0.29) is 24.4 Å². The van der Waals surface area contributed by atoms with Crippen molar-refractivity contribution in [3.8, 4) is 0 Å². The number of ether oxygens (including phenoxy) is 1. The minimum atomic E-state index is -0.884. The van der Waals surface area contributed by atoms with Crippen molar-refractivity contribution in [2.45, 2.75) is 65.5 Å². The van der Waals surface area contributed by atoms with Crippen LogP contribution in [0.4, 0.5) is 0 Å². The third-order valence-corrected chi connectivity index (χ3v) is 5.28. The van der Waals surface area contributed by atoms with Gasteiger partial charge in [-0.15, -0.1) is 0 Å². The number of aryl methyl sites for hydroxylation is 2. The molecule has 2 rings (SSSR count). The SMILES string of the molecule is Cc1ccc(C(=O)NCC(=O)O[C@H](C)C(=O)N[C@@H]2CCCC[C@H]2C)cc1C. The summed E-state index contributed by atoms with van der Waals surface area (Å²) < 4.78 is 5.15. The molecule has 0 heterocycles. The molecule has 148 valence electrons. The Kier molecular flexibility index (Phi) is 7.39. The molecule has 2 N–H and O–H groups in total. The van der Waals surface area contributed by atoms with E-state index < -0.39 is 12.1 Å². The standard InChI is InChI=1S/C21H30N2O4/c1-13-9-10-17(11-15(13)3)21(26)22-12-19(24)27-16(4)20(25)23-18-8-6-5-7-14(18)2/h9-11,14,16,18H,5-8,12H2,1-4H3,(H,22,26)(H,23,25)/t14-,16-,18-/m1/s1. The molecule has 0 radical (unpaired) electrons. The lowest BCUT2D eigenvalue weighted by Gasteiger charge is -2.30. The smallest absolute Gasteiger partial charge is 0.326 e. The van der Waals surface area contributed by atoms with E-state index in [1.165, 1.54) is 6.42 Å². The number of amides is 2. The van der Waals surface area contributed by atoms with Gasteiger partial charge in [0.15, 0.2) is 6.10 Å². The normalized spacial score (nSPS) is 20.4. The molecule has 0 bridgehead atoms. The van der Waals surface area contributed by atoms with Crippen LogP contribution < -0.4 is 10.6 Å². The molecule has 27 heavy (non-hydrogen) atoms. The van der Waals surface area contributed by atoms with Gasteiger partial charge in [0.05, 0.1) is 0 Å². The predicted molar refractivity (Wildman–Crippen MR) is 103 cm³/mol. The molecule has 1 aromatic carbocycles. The molecule has 2 amide bonds. The van der Waals surface area contributed by atoms with E-state index in [4.69, 9.17) is 4.74 Å². The maximum atomic E-state index is 12.2. The summed E-state index contributed by atoms with van der Waals surface area (Å²) in [5.41, 5.74) is 2.59. The maximum absolute atomic E-state index is 12.2. The Hall–Kier alpha value is -2.37. The number of rotatable bonds is 6. The third kappa shape index (κ3) is 6.08. The molecule has 0 aliphatic heterocycles. The molecular formula is C21H30N2O4. The second-order valence-corrected chi connectivity index (χ2v) is 7.49. The second-order valence-electron chi connectivity index (χ2n) is 7.49. The minimum Gasteiger partial charge on any atom is -0.451 e. The molecule has 1 saturated carbocycles. The van der Waals surface area contributed by atoms with Crippen molar-refractivity contribution in [3.05, 3.63) is 34.9 Å². The van der Waals surface area contributed by atoms with E-state index in [0.717, 1.165) is 30.4 Å². The molecule has 3 atom stereocenters. The first-order valence-corrected chi connectivity index (χ1v) is 9.63. The Morgan fingerprint density at radius 2 is 1.85 bits per heavy atom. The third-order valence-electron chi connectivity index (χ3n) is 5.28. The molecular weight excluding hydrogens is 344 g/mol. The van der Waals surface area contributed by atoms with Crippen LogP contribution in [0.2, 0.25) is 0 Å². The van der Waals surface area contributed by atoms with Crippen LogP contribution in [0, 0.1) is 19.8 Å². The summed E-state index contributed by atoms with van der Waals surface area (Å²) in [6, 6.07) is 5.49. The van der Waals surface area contributed by atoms with Crippen molar-refractivity contribution in [2.75, 3.05) is 6.54 Å². The largest absolute Gasteiger partial charge is 0.451 e. The number of benzene rings is 1. The Morgan fingerprint density at radius 3 is 2.52 bits per heavy atom. The van der Waals surface area contributed by atoms with Gasteiger partial charge in [-0.1, -0.05) is 25.8 Å². The predicted octanol–water partition coefficient (Wildman–Crippen LogP) is 2.66. The Balaban J connectivity index is 1.77. The summed E-state index contributed by atoms with van der Waals surface area (Å²) in [5, 5.41) is 5.51. The first-order valence-electron chi connectivity index (χ1n) is 9.63. The summed E-state index contributed by atoms with van der Waals surface area (Å²) >= 11 is 0. The van der Waals surface area contributed by atoms with Gasteiger partial charge in [0.25, 0.3) is 11.8 Å². The number of hydrogen-bond acceptors (Lipinski definition) is 4. The van der Waals surface area contributed by atoms with Crippen LogP contribution in [-0.2, 0) is 14.3 Å². The van der Waals surface area contributed by atoms with Gasteiger partial charge < -0.3 is 15.4 Å². The van der Waals surface area contributed by atoms with E-state index in [1.807, 2.05) is 19.9 Å². The van der Waals surface area contributed by atoms with Crippen molar-refractivity contribution in [2.24, 2.45) is 5.92 Å². The molecule has 0 unspecified atom stereocenters. The van der Waals surface area contributed by atoms with Gasteiger partial charge in [-0.2, -0.15) is 0 Å². The fraction of sp³-hybridized carbons (Fsp3) is 0.571. The molecule has 1 fully saturated rings. The highest BCUT2D eigenvalue weighted by atomic mass is 16.5. The molecule has 0 spiro atoms. The Labute approximate surface area is 161 Å². The quantitative estimate of drug-likeness (QED) is 0.750. The summed E-state index contributed by atoms with van der Waals surface area (Å²) in [4.78, 5) is 36.3. The van der Waals surface area contributed by atoms with Crippen molar-refractivity contribution >= 4 is 17.8 Å². The lowest BCUT2D eigenvalue weighted by atomic mass is 9.86. The Bertz CT molecular complexity index is 701. The van der Waals surface area contributed by atoms with E-state index in [2.05, 4.69) is 17.6 Å². The molecule has 1 aliphatic carbocycles. The molecule has 0 aromatic heterocycles. The van der Waals surface area contributed by atoms with E-state index in [0.29, 0.717) is 11.5 Å². The summed E-state index contributed by atoms with van der Waals surface area (Å²) in [7, 11) is 0. The second kappa shape index (κ2) is 9.53. The fourth-order valence-electron chi connectivity index (χ4n) is 3.26. The zero-order valence-corrected chi connectivity index (χ0v) is 16.6. The highest BCUT2D eigenvalue weighted by Gasteiger charge is 2.26. The molecule has 0 saturated heterocycles. The molecule has 1 aliphatic rings. The van der Waals surface area contributed by atoms with Crippen LogP contribution >= 0.6 is 0 Å². The number of carbonyl (C=O) groups excluding carboxylic acids is 3. The average molecular weight is 374 g/mol. The van der Waals surface area contributed by atoms with Crippen molar-refractivity contribution in [1.29, 1.82) is 0 Å². The number of esters is 1. The maximum Gasteiger partial charge on any atom is 0.326 e. The van der Waals surface area contributed by atoms with E-state index >= 15 is 0 Å². The lowest BCUT2D eigenvalue weighted by molar-refractivity contribution is -0.154. The van der Waals surface area contributed by atoms with E-state index in [1.54, 1.807) is 19.1 Å². The van der Waals surface area contributed by atoms with Gasteiger partial charge in [-0.25, -0.2) is 0 Å². The first kappa shape index (κ1) is 20.9. The molecule has 6 heteroatoms. The molecule has 1 aromatic rings. The van der Waals surface area contributed by atoms with E-state index in [9.17, 15) is 14.4 Å². The van der Waals surface area contributed by atoms with Crippen LogP contribution in [0.1, 0.15) is 61.0 Å².